The smallest absolute Gasteiger partial charge is 0.0818 e. The van der Waals surface area contributed by atoms with Crippen molar-refractivity contribution in [2.24, 2.45) is 0 Å². The maximum Gasteiger partial charge on any atom is 0.0818 e. The van der Waals surface area contributed by atoms with Gasteiger partial charge in [0.25, 0.3) is 0 Å². The Hall–Kier alpha value is -1.48. The second-order valence-electron chi connectivity index (χ2n) is 5.52. The third kappa shape index (κ3) is 2.42. The maximum absolute atomic E-state index is 6.31. The fraction of sp³-hybridized carbons (Fsp3) is 0.438. The van der Waals surface area contributed by atoms with Crippen LogP contribution in [0, 0.1) is 0 Å². The minimum atomic E-state index is 0.492. The van der Waals surface area contributed by atoms with Crippen LogP contribution in [0.1, 0.15) is 37.4 Å². The van der Waals surface area contributed by atoms with Gasteiger partial charge >= 0.3 is 0 Å². The molecule has 0 aliphatic carbocycles. The van der Waals surface area contributed by atoms with Crippen LogP contribution in [-0.4, -0.2) is 15.8 Å². The number of aryl methyl sites for hydroxylation is 1. The number of aromatic nitrogens is 2. The first-order valence-corrected chi connectivity index (χ1v) is 7.62. The van der Waals surface area contributed by atoms with Gasteiger partial charge < -0.3 is 5.32 Å². The van der Waals surface area contributed by atoms with Gasteiger partial charge in [0.15, 0.2) is 0 Å². The van der Waals surface area contributed by atoms with Crippen molar-refractivity contribution >= 4 is 17.3 Å². The summed E-state index contributed by atoms with van der Waals surface area (Å²) in [6.45, 7) is 5.21. The summed E-state index contributed by atoms with van der Waals surface area (Å²) < 4.78 is 2.01. The standard InChI is InChI=1S/C16H20ClN3/c1-3-20-16(14(17)10-18-20)9-12-8-11(2)19-15-7-5-4-6-13(12)15/h4-7,10-12,19H,3,8-9H2,1-2H3. The summed E-state index contributed by atoms with van der Waals surface area (Å²) in [7, 11) is 0. The fourth-order valence-electron chi connectivity index (χ4n) is 3.15. The molecule has 2 heterocycles. The lowest BCUT2D eigenvalue weighted by atomic mass is 9.84. The molecule has 3 rings (SSSR count). The average molecular weight is 290 g/mol. The molecule has 0 saturated heterocycles. The lowest BCUT2D eigenvalue weighted by Crippen LogP contribution is -2.26. The molecule has 2 aromatic rings. The molecule has 0 saturated carbocycles. The van der Waals surface area contributed by atoms with Crippen LogP contribution in [0.15, 0.2) is 30.5 Å². The van der Waals surface area contributed by atoms with Crippen LogP contribution in [0.2, 0.25) is 5.02 Å². The van der Waals surface area contributed by atoms with E-state index in [-0.39, 0.29) is 0 Å². The number of nitrogens with one attached hydrogen (secondary N) is 1. The van der Waals surface area contributed by atoms with Crippen LogP contribution in [0.5, 0.6) is 0 Å². The van der Waals surface area contributed by atoms with E-state index in [1.165, 1.54) is 11.3 Å². The summed E-state index contributed by atoms with van der Waals surface area (Å²) in [5, 5.41) is 8.69. The number of anilines is 1. The number of hydrogen-bond acceptors (Lipinski definition) is 2. The molecule has 2 atom stereocenters. The average Bonchev–Trinajstić information content (AvgIpc) is 2.79. The van der Waals surface area contributed by atoms with Crippen LogP contribution in [-0.2, 0) is 13.0 Å². The van der Waals surface area contributed by atoms with E-state index < -0.39 is 0 Å². The summed E-state index contributed by atoms with van der Waals surface area (Å²) in [6.07, 6.45) is 3.84. The van der Waals surface area contributed by atoms with Gasteiger partial charge in [-0.3, -0.25) is 4.68 Å². The van der Waals surface area contributed by atoms with E-state index in [0.29, 0.717) is 12.0 Å². The van der Waals surface area contributed by atoms with E-state index in [1.807, 2.05) is 4.68 Å². The van der Waals surface area contributed by atoms with Crippen LogP contribution in [0.25, 0.3) is 0 Å². The number of hydrogen-bond donors (Lipinski definition) is 1. The lowest BCUT2D eigenvalue weighted by molar-refractivity contribution is 0.522. The van der Waals surface area contributed by atoms with E-state index in [1.54, 1.807) is 6.20 Å². The largest absolute Gasteiger partial charge is 0.382 e. The number of fused-ring (bicyclic) bond motifs is 1. The number of para-hydroxylation sites is 1. The summed E-state index contributed by atoms with van der Waals surface area (Å²) in [4.78, 5) is 0. The number of halogens is 1. The van der Waals surface area contributed by atoms with Gasteiger partial charge in [-0.1, -0.05) is 29.8 Å². The number of rotatable bonds is 3. The predicted octanol–water partition coefficient (Wildman–Crippen LogP) is 4.09. The summed E-state index contributed by atoms with van der Waals surface area (Å²) in [5.74, 6) is 0.502. The molecule has 0 bridgehead atoms. The first kappa shape index (κ1) is 13.5. The van der Waals surface area contributed by atoms with E-state index >= 15 is 0 Å². The van der Waals surface area contributed by atoms with Crippen molar-refractivity contribution in [2.45, 2.75) is 45.2 Å². The SMILES string of the molecule is CCn1ncc(Cl)c1CC1CC(C)Nc2ccccc21. The number of nitrogens with zero attached hydrogens (tertiary/aromatic N) is 2. The van der Waals surface area contributed by atoms with Crippen LogP contribution >= 0.6 is 11.6 Å². The highest BCUT2D eigenvalue weighted by molar-refractivity contribution is 6.31. The fourth-order valence-corrected chi connectivity index (χ4v) is 3.37. The van der Waals surface area contributed by atoms with Gasteiger partial charge in [0, 0.05) is 18.3 Å². The van der Waals surface area contributed by atoms with Crippen LogP contribution in [0.3, 0.4) is 0 Å². The van der Waals surface area contributed by atoms with Crippen molar-refractivity contribution in [3.8, 4) is 0 Å². The summed E-state index contributed by atoms with van der Waals surface area (Å²) in [6, 6.07) is 9.08. The molecule has 1 aliphatic rings. The molecule has 0 radical (unpaired) electrons. The van der Waals surface area contributed by atoms with Crippen molar-refractivity contribution in [3.63, 3.8) is 0 Å². The van der Waals surface area contributed by atoms with Crippen molar-refractivity contribution in [2.75, 3.05) is 5.32 Å². The lowest BCUT2D eigenvalue weighted by Gasteiger charge is -2.31. The molecular formula is C16H20ClN3. The molecule has 20 heavy (non-hydrogen) atoms. The Bertz CT molecular complexity index is 606. The van der Waals surface area contributed by atoms with Gasteiger partial charge in [-0.05, 0) is 44.2 Å². The van der Waals surface area contributed by atoms with Gasteiger partial charge in [-0.2, -0.15) is 5.10 Å². The zero-order valence-electron chi connectivity index (χ0n) is 11.9. The van der Waals surface area contributed by atoms with E-state index in [2.05, 4.69) is 48.5 Å². The molecular weight excluding hydrogens is 270 g/mol. The molecule has 0 amide bonds. The summed E-state index contributed by atoms with van der Waals surface area (Å²) >= 11 is 6.31. The van der Waals surface area contributed by atoms with Crippen molar-refractivity contribution in [1.82, 2.24) is 9.78 Å². The van der Waals surface area contributed by atoms with Crippen molar-refractivity contribution < 1.29 is 0 Å². The van der Waals surface area contributed by atoms with Gasteiger partial charge in [-0.25, -0.2) is 0 Å². The molecule has 4 heteroatoms. The second kappa shape index (κ2) is 5.49. The first-order chi connectivity index (χ1) is 9.69. The molecule has 0 fully saturated rings. The zero-order valence-corrected chi connectivity index (χ0v) is 12.7. The minimum absolute atomic E-state index is 0.492. The molecule has 3 nitrogen and oxygen atoms in total. The zero-order chi connectivity index (χ0) is 14.1. The van der Waals surface area contributed by atoms with Gasteiger partial charge in [-0.15, -0.1) is 0 Å². The second-order valence-corrected chi connectivity index (χ2v) is 5.93. The predicted molar refractivity (Wildman–Crippen MR) is 83.5 cm³/mol. The van der Waals surface area contributed by atoms with E-state index in [9.17, 15) is 0 Å². The Morgan fingerprint density at radius 3 is 3.00 bits per heavy atom. The summed E-state index contributed by atoms with van der Waals surface area (Å²) in [5.41, 5.74) is 3.81. The molecule has 1 N–H and O–H groups in total. The Labute approximate surface area is 124 Å². The topological polar surface area (TPSA) is 29.9 Å². The molecule has 2 unspecified atom stereocenters. The molecule has 0 spiro atoms. The number of benzene rings is 1. The van der Waals surface area contributed by atoms with Crippen LogP contribution < -0.4 is 5.32 Å². The van der Waals surface area contributed by atoms with Crippen LogP contribution in [0.4, 0.5) is 5.69 Å². The molecule has 106 valence electrons. The molecule has 1 aromatic carbocycles. The van der Waals surface area contributed by atoms with Gasteiger partial charge in [0.1, 0.15) is 0 Å². The van der Waals surface area contributed by atoms with Gasteiger partial charge in [0.2, 0.25) is 0 Å². The quantitative estimate of drug-likeness (QED) is 0.922. The Kier molecular flexibility index (Phi) is 3.70. The highest BCUT2D eigenvalue weighted by Crippen LogP contribution is 2.37. The molecule has 1 aromatic heterocycles. The Morgan fingerprint density at radius 1 is 1.40 bits per heavy atom. The van der Waals surface area contributed by atoms with Crippen molar-refractivity contribution in [3.05, 3.63) is 46.7 Å². The minimum Gasteiger partial charge on any atom is -0.382 e. The highest BCUT2D eigenvalue weighted by Gasteiger charge is 2.25. The monoisotopic (exact) mass is 289 g/mol. The normalized spacial score (nSPS) is 21.4. The van der Waals surface area contributed by atoms with Crippen molar-refractivity contribution in [1.29, 1.82) is 0 Å². The third-order valence-electron chi connectivity index (χ3n) is 4.08. The highest BCUT2D eigenvalue weighted by atomic mass is 35.5. The van der Waals surface area contributed by atoms with E-state index in [0.717, 1.165) is 30.1 Å². The molecule has 1 aliphatic heterocycles. The Balaban J connectivity index is 1.93. The Morgan fingerprint density at radius 2 is 2.20 bits per heavy atom. The maximum atomic E-state index is 6.31. The third-order valence-corrected chi connectivity index (χ3v) is 4.39. The van der Waals surface area contributed by atoms with Gasteiger partial charge in [0.05, 0.1) is 16.9 Å². The first-order valence-electron chi connectivity index (χ1n) is 7.24. The van der Waals surface area contributed by atoms with E-state index in [4.69, 9.17) is 11.6 Å².